The van der Waals surface area contributed by atoms with Crippen molar-refractivity contribution in [1.82, 2.24) is 0 Å². The molecule has 0 bridgehead atoms. The van der Waals surface area contributed by atoms with Crippen molar-refractivity contribution in [3.05, 3.63) is 48.0 Å². The van der Waals surface area contributed by atoms with Crippen LogP contribution < -0.4 is 0 Å². The van der Waals surface area contributed by atoms with Crippen LogP contribution in [0, 0.1) is 6.07 Å². The minimum Gasteiger partial charge on any atom is -0.0917 e. The zero-order chi connectivity index (χ0) is 7.94. The van der Waals surface area contributed by atoms with Crippen LogP contribution in [-0.2, 0) is 6.42 Å². The first-order valence-corrected chi connectivity index (χ1v) is 3.99. The fourth-order valence-electron chi connectivity index (χ4n) is 1.00. The number of rotatable bonds is 3. The van der Waals surface area contributed by atoms with E-state index in [1.165, 1.54) is 5.56 Å². The fraction of sp³-hybridized carbons (Fsp3) is 0.273. The maximum absolute atomic E-state index is 3.01. The van der Waals surface area contributed by atoms with E-state index in [-0.39, 0.29) is 0 Å². The van der Waals surface area contributed by atoms with Crippen molar-refractivity contribution in [3.8, 4) is 0 Å². The summed E-state index contributed by atoms with van der Waals surface area (Å²) in [6.45, 7) is 2.05. The molecule has 0 aromatic heterocycles. The lowest BCUT2D eigenvalue weighted by atomic mass is 10.1. The van der Waals surface area contributed by atoms with Crippen molar-refractivity contribution in [2.75, 3.05) is 0 Å². The van der Waals surface area contributed by atoms with E-state index in [1.54, 1.807) is 0 Å². The summed E-state index contributed by atoms with van der Waals surface area (Å²) in [5, 5.41) is 0. The third-order valence-electron chi connectivity index (χ3n) is 1.62. The van der Waals surface area contributed by atoms with Gasteiger partial charge in [-0.25, -0.2) is 0 Å². The number of allylic oxidation sites excluding steroid dienone is 2. The van der Waals surface area contributed by atoms with Crippen molar-refractivity contribution >= 4 is 0 Å². The zero-order valence-corrected chi connectivity index (χ0v) is 6.88. The monoisotopic (exact) mass is 145 g/mol. The molecule has 0 saturated carbocycles. The van der Waals surface area contributed by atoms with Crippen LogP contribution in [0.3, 0.4) is 0 Å². The van der Waals surface area contributed by atoms with E-state index in [1.807, 2.05) is 12.1 Å². The molecule has 0 unspecified atom stereocenters. The molecule has 1 rings (SSSR count). The smallest absolute Gasteiger partial charge is 0.0184 e. The van der Waals surface area contributed by atoms with Gasteiger partial charge in [0.1, 0.15) is 0 Å². The first-order chi connectivity index (χ1) is 5.43. The van der Waals surface area contributed by atoms with Gasteiger partial charge in [-0.2, -0.15) is 0 Å². The molecule has 0 saturated heterocycles. The molecular weight excluding hydrogens is 132 g/mol. The highest BCUT2D eigenvalue weighted by Gasteiger charge is 1.86. The largest absolute Gasteiger partial charge is 0.0917 e. The molecule has 0 nitrogen and oxygen atoms in total. The average molecular weight is 145 g/mol. The summed E-state index contributed by atoms with van der Waals surface area (Å²) < 4.78 is 0. The third-order valence-corrected chi connectivity index (χ3v) is 1.62. The van der Waals surface area contributed by atoms with E-state index in [0.29, 0.717) is 0 Å². The molecule has 0 heterocycles. The SMILES string of the molecule is C/C=C/CCc1cc[c]cc1. The summed E-state index contributed by atoms with van der Waals surface area (Å²) in [5.41, 5.74) is 1.39. The Morgan fingerprint density at radius 2 is 2.09 bits per heavy atom. The summed E-state index contributed by atoms with van der Waals surface area (Å²) in [7, 11) is 0. The number of aryl methyl sites for hydroxylation is 1. The fourth-order valence-corrected chi connectivity index (χ4v) is 1.00. The number of benzene rings is 1. The lowest BCUT2D eigenvalue weighted by Crippen LogP contribution is -1.80. The minimum absolute atomic E-state index is 1.14. The second kappa shape index (κ2) is 4.73. The van der Waals surface area contributed by atoms with Crippen molar-refractivity contribution in [2.45, 2.75) is 19.8 Å². The van der Waals surface area contributed by atoms with Crippen LogP contribution >= 0.6 is 0 Å². The van der Waals surface area contributed by atoms with Crippen molar-refractivity contribution in [3.63, 3.8) is 0 Å². The summed E-state index contributed by atoms with van der Waals surface area (Å²) in [6.07, 6.45) is 6.56. The van der Waals surface area contributed by atoms with Gasteiger partial charge in [0.15, 0.2) is 0 Å². The molecule has 0 atom stereocenters. The lowest BCUT2D eigenvalue weighted by Gasteiger charge is -1.94. The van der Waals surface area contributed by atoms with Gasteiger partial charge >= 0.3 is 0 Å². The molecule has 1 aromatic rings. The topological polar surface area (TPSA) is 0 Å². The van der Waals surface area contributed by atoms with Crippen molar-refractivity contribution < 1.29 is 0 Å². The Balaban J connectivity index is 2.39. The van der Waals surface area contributed by atoms with Crippen LogP contribution in [0.15, 0.2) is 36.4 Å². The van der Waals surface area contributed by atoms with Gasteiger partial charge in [0.2, 0.25) is 0 Å². The molecule has 1 radical (unpaired) electrons. The molecule has 0 aliphatic rings. The van der Waals surface area contributed by atoms with Gasteiger partial charge in [-0.1, -0.05) is 36.4 Å². The maximum Gasteiger partial charge on any atom is -0.0184 e. The Labute approximate surface area is 68.6 Å². The maximum atomic E-state index is 3.01. The molecule has 11 heavy (non-hydrogen) atoms. The molecule has 0 fully saturated rings. The molecule has 57 valence electrons. The van der Waals surface area contributed by atoms with E-state index in [9.17, 15) is 0 Å². The Morgan fingerprint density at radius 3 is 2.73 bits per heavy atom. The Bertz CT molecular complexity index is 209. The average Bonchev–Trinajstić information content (AvgIpc) is 2.07. The summed E-state index contributed by atoms with van der Waals surface area (Å²) in [5.74, 6) is 0. The second-order valence-corrected chi connectivity index (χ2v) is 2.52. The van der Waals surface area contributed by atoms with E-state index in [0.717, 1.165) is 12.8 Å². The molecule has 0 aliphatic heterocycles. The second-order valence-electron chi connectivity index (χ2n) is 2.52. The molecule has 0 N–H and O–H groups in total. The molecule has 0 heteroatoms. The van der Waals surface area contributed by atoms with Gasteiger partial charge in [0.05, 0.1) is 0 Å². The summed E-state index contributed by atoms with van der Waals surface area (Å²) in [4.78, 5) is 0. The predicted molar refractivity (Wildman–Crippen MR) is 48.4 cm³/mol. The number of hydrogen-bond donors (Lipinski definition) is 0. The highest BCUT2D eigenvalue weighted by molar-refractivity contribution is 5.14. The standard InChI is InChI=1S/C11H13/c1-2-3-5-8-11-9-6-4-7-10-11/h2-3,6-7,9-10H,5,8H2,1H3/b3-2+. The predicted octanol–water partition coefficient (Wildman–Crippen LogP) is 3.00. The van der Waals surface area contributed by atoms with Crippen LogP contribution in [0.25, 0.3) is 0 Å². The molecule has 1 aromatic carbocycles. The zero-order valence-electron chi connectivity index (χ0n) is 6.88. The van der Waals surface area contributed by atoms with Crippen LogP contribution in [0.4, 0.5) is 0 Å². The molecular formula is C11H13. The molecule has 0 spiro atoms. The first-order valence-electron chi connectivity index (χ1n) is 3.99. The van der Waals surface area contributed by atoms with E-state index < -0.39 is 0 Å². The highest BCUT2D eigenvalue weighted by atomic mass is 13.9. The summed E-state index contributed by atoms with van der Waals surface area (Å²) in [6, 6.07) is 11.2. The van der Waals surface area contributed by atoms with Crippen LogP contribution in [0.5, 0.6) is 0 Å². The van der Waals surface area contributed by atoms with Crippen LogP contribution in [0.2, 0.25) is 0 Å². The van der Waals surface area contributed by atoms with Gasteiger partial charge in [0.25, 0.3) is 0 Å². The van der Waals surface area contributed by atoms with E-state index in [2.05, 4.69) is 37.3 Å². The van der Waals surface area contributed by atoms with Crippen LogP contribution in [0.1, 0.15) is 18.9 Å². The first kappa shape index (κ1) is 8.06. The quantitative estimate of drug-likeness (QED) is 0.573. The normalized spacial score (nSPS) is 10.6. The van der Waals surface area contributed by atoms with E-state index in [4.69, 9.17) is 0 Å². The van der Waals surface area contributed by atoms with Crippen molar-refractivity contribution in [1.29, 1.82) is 0 Å². The Kier molecular flexibility index (Phi) is 3.46. The molecule has 0 aliphatic carbocycles. The lowest BCUT2D eigenvalue weighted by molar-refractivity contribution is 0.999. The summed E-state index contributed by atoms with van der Waals surface area (Å²) >= 11 is 0. The Morgan fingerprint density at radius 1 is 1.36 bits per heavy atom. The number of hydrogen-bond acceptors (Lipinski definition) is 0. The highest BCUT2D eigenvalue weighted by Crippen LogP contribution is 2.01. The van der Waals surface area contributed by atoms with Gasteiger partial charge in [-0.15, -0.1) is 0 Å². The van der Waals surface area contributed by atoms with Crippen LogP contribution in [-0.4, -0.2) is 0 Å². The van der Waals surface area contributed by atoms with E-state index >= 15 is 0 Å². The third kappa shape index (κ3) is 3.03. The Hall–Kier alpha value is -1.04. The van der Waals surface area contributed by atoms with Gasteiger partial charge in [-0.05, 0) is 31.4 Å². The van der Waals surface area contributed by atoms with Gasteiger partial charge in [-0.3, -0.25) is 0 Å². The van der Waals surface area contributed by atoms with Gasteiger partial charge < -0.3 is 0 Å². The molecule has 0 amide bonds. The van der Waals surface area contributed by atoms with Gasteiger partial charge in [0, 0.05) is 0 Å². The van der Waals surface area contributed by atoms with Crippen molar-refractivity contribution in [2.24, 2.45) is 0 Å². The minimum atomic E-state index is 1.14.